The molecule has 0 spiro atoms. The number of carbonyl (C=O) groups excluding carboxylic acids is 1. The number of carbonyl (C=O) groups is 1. The van der Waals surface area contributed by atoms with Crippen molar-refractivity contribution < 1.29 is 18.0 Å². The van der Waals surface area contributed by atoms with Crippen LogP contribution in [0.25, 0.3) is 11.0 Å². The van der Waals surface area contributed by atoms with E-state index in [1.165, 1.54) is 0 Å². The molecule has 1 saturated heterocycles. The Morgan fingerprint density at radius 3 is 2.75 bits per heavy atom. The molecule has 0 unspecified atom stereocenters. The summed E-state index contributed by atoms with van der Waals surface area (Å²) in [5.41, 5.74) is 1.81. The minimum Gasteiger partial charge on any atom is -0.461 e. The van der Waals surface area contributed by atoms with Crippen LogP contribution in [0, 0.1) is 12.8 Å². The van der Waals surface area contributed by atoms with Gasteiger partial charge < -0.3 is 9.73 Å². The summed E-state index contributed by atoms with van der Waals surface area (Å²) in [6.07, 6.45) is -1.06. The van der Waals surface area contributed by atoms with Crippen LogP contribution in [0.4, 0.5) is 8.78 Å². The van der Waals surface area contributed by atoms with Gasteiger partial charge in [-0.15, -0.1) is 0 Å². The van der Waals surface area contributed by atoms with E-state index in [0.717, 1.165) is 22.3 Å². The van der Waals surface area contributed by atoms with Crippen LogP contribution in [-0.2, 0) is 11.3 Å². The number of halogens is 2. The molecule has 1 amide bonds. The average Bonchev–Trinajstić information content (AvgIpc) is 2.88. The number of furan rings is 1. The average molecular weight is 336 g/mol. The Morgan fingerprint density at radius 1 is 1.33 bits per heavy atom. The lowest BCUT2D eigenvalue weighted by atomic mass is 9.96. The van der Waals surface area contributed by atoms with Crippen molar-refractivity contribution in [3.05, 3.63) is 35.6 Å². The molecule has 1 N–H and O–H groups in total. The highest BCUT2D eigenvalue weighted by molar-refractivity contribution is 5.83. The molecular formula is C18H22F2N2O2. The van der Waals surface area contributed by atoms with Crippen molar-refractivity contribution in [3.63, 3.8) is 0 Å². The third-order valence-corrected chi connectivity index (χ3v) is 4.69. The van der Waals surface area contributed by atoms with Gasteiger partial charge in [-0.1, -0.05) is 18.2 Å². The van der Waals surface area contributed by atoms with Crippen molar-refractivity contribution in [3.8, 4) is 0 Å². The molecule has 1 aromatic carbocycles. The van der Waals surface area contributed by atoms with Crippen molar-refractivity contribution in [2.24, 2.45) is 5.92 Å². The van der Waals surface area contributed by atoms with E-state index < -0.39 is 6.43 Å². The van der Waals surface area contributed by atoms with Crippen LogP contribution in [0.15, 0.2) is 28.7 Å². The van der Waals surface area contributed by atoms with E-state index in [4.69, 9.17) is 4.42 Å². The smallest absolute Gasteiger partial charge is 0.251 e. The van der Waals surface area contributed by atoms with E-state index in [1.54, 1.807) is 4.90 Å². The van der Waals surface area contributed by atoms with E-state index in [2.05, 4.69) is 5.32 Å². The number of rotatable bonds is 5. The number of alkyl halides is 2. The van der Waals surface area contributed by atoms with Gasteiger partial charge in [0.2, 0.25) is 5.91 Å². The molecule has 1 aliphatic rings. The van der Waals surface area contributed by atoms with Crippen LogP contribution in [0.3, 0.4) is 0 Å². The maximum atomic E-state index is 12.4. The largest absolute Gasteiger partial charge is 0.461 e. The van der Waals surface area contributed by atoms with Crippen molar-refractivity contribution in [1.82, 2.24) is 10.2 Å². The van der Waals surface area contributed by atoms with Gasteiger partial charge in [0.15, 0.2) is 0 Å². The van der Waals surface area contributed by atoms with E-state index >= 15 is 0 Å². The minimum atomic E-state index is -2.31. The Morgan fingerprint density at radius 2 is 2.04 bits per heavy atom. The number of piperidine rings is 1. The number of nitrogens with zero attached hydrogens (tertiary/aromatic N) is 1. The Bertz CT molecular complexity index is 706. The molecule has 0 saturated carbocycles. The summed E-state index contributed by atoms with van der Waals surface area (Å²) in [5.74, 6) is 0.706. The van der Waals surface area contributed by atoms with Crippen LogP contribution in [-0.4, -0.2) is 36.9 Å². The first kappa shape index (κ1) is 16.9. The van der Waals surface area contributed by atoms with Gasteiger partial charge in [0.1, 0.15) is 11.3 Å². The van der Waals surface area contributed by atoms with Crippen molar-refractivity contribution in [2.75, 3.05) is 19.6 Å². The molecule has 1 fully saturated rings. The van der Waals surface area contributed by atoms with Gasteiger partial charge in [-0.2, -0.15) is 0 Å². The molecular weight excluding hydrogens is 314 g/mol. The zero-order valence-electron chi connectivity index (χ0n) is 13.7. The number of amides is 1. The number of fused-ring (bicyclic) bond motifs is 1. The topological polar surface area (TPSA) is 45.5 Å². The monoisotopic (exact) mass is 336 g/mol. The normalized spacial score (nSPS) is 16.8. The third kappa shape index (κ3) is 3.75. The maximum Gasteiger partial charge on any atom is 0.251 e. The van der Waals surface area contributed by atoms with Gasteiger partial charge in [0, 0.05) is 23.4 Å². The number of benzene rings is 1. The SMILES string of the molecule is Cc1oc2ccccc2c1CNC(=O)C1CCN(CC(F)F)CC1. The second-order valence-electron chi connectivity index (χ2n) is 6.32. The summed E-state index contributed by atoms with van der Waals surface area (Å²) in [6.45, 7) is 3.23. The molecule has 130 valence electrons. The standard InChI is InChI=1S/C18H22F2N2O2/c1-12-15(14-4-2-3-5-16(14)24-12)10-21-18(23)13-6-8-22(9-7-13)11-17(19)20/h2-5,13,17H,6-11H2,1H3,(H,21,23). The van der Waals surface area contributed by atoms with Gasteiger partial charge in [0.05, 0.1) is 6.54 Å². The number of para-hydroxylation sites is 1. The molecule has 0 bridgehead atoms. The second-order valence-corrected chi connectivity index (χ2v) is 6.32. The van der Waals surface area contributed by atoms with Crippen molar-refractivity contribution in [2.45, 2.75) is 32.7 Å². The summed E-state index contributed by atoms with van der Waals surface area (Å²) in [5, 5.41) is 3.99. The van der Waals surface area contributed by atoms with E-state index in [9.17, 15) is 13.6 Å². The van der Waals surface area contributed by atoms with Crippen molar-refractivity contribution >= 4 is 16.9 Å². The fourth-order valence-corrected chi connectivity index (χ4v) is 3.33. The quantitative estimate of drug-likeness (QED) is 0.911. The molecule has 24 heavy (non-hydrogen) atoms. The lowest BCUT2D eigenvalue weighted by Crippen LogP contribution is -2.41. The van der Waals surface area contributed by atoms with Gasteiger partial charge in [-0.25, -0.2) is 8.78 Å². The molecule has 0 atom stereocenters. The number of nitrogens with one attached hydrogen (secondary N) is 1. The highest BCUT2D eigenvalue weighted by atomic mass is 19.3. The summed E-state index contributed by atoms with van der Waals surface area (Å²) in [4.78, 5) is 14.1. The number of aryl methyl sites for hydroxylation is 1. The zero-order chi connectivity index (χ0) is 17.1. The summed E-state index contributed by atoms with van der Waals surface area (Å²) < 4.78 is 30.5. The molecule has 1 aliphatic heterocycles. The molecule has 0 aliphatic carbocycles. The van der Waals surface area contributed by atoms with Crippen LogP contribution < -0.4 is 5.32 Å². The maximum absolute atomic E-state index is 12.4. The highest BCUT2D eigenvalue weighted by Crippen LogP contribution is 2.25. The van der Waals surface area contributed by atoms with Gasteiger partial charge in [-0.3, -0.25) is 9.69 Å². The van der Waals surface area contributed by atoms with Gasteiger partial charge in [-0.05, 0) is 38.9 Å². The van der Waals surface area contributed by atoms with Crippen LogP contribution in [0.5, 0.6) is 0 Å². The molecule has 0 radical (unpaired) electrons. The lowest BCUT2D eigenvalue weighted by molar-refractivity contribution is -0.126. The molecule has 3 rings (SSSR count). The van der Waals surface area contributed by atoms with Crippen LogP contribution >= 0.6 is 0 Å². The number of hydrogen-bond donors (Lipinski definition) is 1. The molecule has 1 aromatic heterocycles. The van der Waals surface area contributed by atoms with Crippen molar-refractivity contribution in [1.29, 1.82) is 0 Å². The fourth-order valence-electron chi connectivity index (χ4n) is 3.33. The zero-order valence-corrected chi connectivity index (χ0v) is 13.7. The lowest BCUT2D eigenvalue weighted by Gasteiger charge is -2.30. The predicted molar refractivity (Wildman–Crippen MR) is 88.0 cm³/mol. The van der Waals surface area contributed by atoms with E-state index in [-0.39, 0.29) is 18.4 Å². The van der Waals surface area contributed by atoms with Crippen LogP contribution in [0.1, 0.15) is 24.2 Å². The van der Waals surface area contributed by atoms with Gasteiger partial charge in [0.25, 0.3) is 6.43 Å². The Kier molecular flexibility index (Phi) is 5.14. The first-order chi connectivity index (χ1) is 11.5. The summed E-state index contributed by atoms with van der Waals surface area (Å²) >= 11 is 0. The number of likely N-dealkylation sites (tertiary alicyclic amines) is 1. The van der Waals surface area contributed by atoms with E-state index in [0.29, 0.717) is 32.5 Å². The molecule has 2 heterocycles. The summed E-state index contributed by atoms with van der Waals surface area (Å²) in [7, 11) is 0. The second kappa shape index (κ2) is 7.30. The minimum absolute atomic E-state index is 0.00335. The first-order valence-electron chi connectivity index (χ1n) is 8.30. The Balaban J connectivity index is 1.55. The Hall–Kier alpha value is -1.95. The molecule has 4 nitrogen and oxygen atoms in total. The fraction of sp³-hybridized carbons (Fsp3) is 0.500. The molecule has 2 aromatic rings. The van der Waals surface area contributed by atoms with E-state index in [1.807, 2.05) is 31.2 Å². The van der Waals surface area contributed by atoms with Crippen LogP contribution in [0.2, 0.25) is 0 Å². The summed E-state index contributed by atoms with van der Waals surface area (Å²) in [6, 6.07) is 7.75. The predicted octanol–water partition coefficient (Wildman–Crippen LogP) is 3.33. The molecule has 6 heteroatoms. The highest BCUT2D eigenvalue weighted by Gasteiger charge is 2.26. The van der Waals surface area contributed by atoms with Gasteiger partial charge >= 0.3 is 0 Å². The third-order valence-electron chi connectivity index (χ3n) is 4.69. The number of hydrogen-bond acceptors (Lipinski definition) is 3. The Labute approximate surface area is 139 Å². The first-order valence-corrected chi connectivity index (χ1v) is 8.30.